The van der Waals surface area contributed by atoms with Gasteiger partial charge in [0.15, 0.2) is 0 Å². The zero-order chi connectivity index (χ0) is 15.5. The minimum Gasteiger partial charge on any atom is -0.395 e. The molecule has 0 spiro atoms. The molecule has 1 atom stereocenters. The van der Waals surface area contributed by atoms with Crippen LogP contribution in [0.25, 0.3) is 0 Å². The third-order valence-corrected chi connectivity index (χ3v) is 4.33. The molecule has 0 amide bonds. The zero-order valence-electron chi connectivity index (χ0n) is 13.3. The topological polar surface area (TPSA) is 35.5 Å². The van der Waals surface area contributed by atoms with Gasteiger partial charge in [-0.3, -0.25) is 0 Å². The van der Waals surface area contributed by atoms with Crippen LogP contribution in [0.4, 0.5) is 0 Å². The van der Waals surface area contributed by atoms with Gasteiger partial charge in [-0.15, -0.1) is 0 Å². The quantitative estimate of drug-likeness (QED) is 0.635. The van der Waals surface area contributed by atoms with Crippen LogP contribution < -0.4 is 5.32 Å². The SMILES string of the molecule is CCCNC(CCN(CCC)CCO)c1ccccc1Br. The summed E-state index contributed by atoms with van der Waals surface area (Å²) >= 11 is 3.66. The van der Waals surface area contributed by atoms with E-state index in [4.69, 9.17) is 5.11 Å². The molecule has 0 fully saturated rings. The molecule has 21 heavy (non-hydrogen) atoms. The minimum absolute atomic E-state index is 0.238. The molecule has 0 saturated heterocycles. The Morgan fingerprint density at radius 1 is 1.14 bits per heavy atom. The molecule has 1 aromatic carbocycles. The first-order valence-corrected chi connectivity index (χ1v) is 8.83. The lowest BCUT2D eigenvalue weighted by Gasteiger charge is -2.25. The molecule has 1 unspecified atom stereocenters. The maximum Gasteiger partial charge on any atom is 0.0558 e. The number of aliphatic hydroxyl groups excluding tert-OH is 1. The number of aliphatic hydroxyl groups is 1. The summed E-state index contributed by atoms with van der Waals surface area (Å²) in [5.74, 6) is 0. The van der Waals surface area contributed by atoms with Gasteiger partial charge >= 0.3 is 0 Å². The fourth-order valence-electron chi connectivity index (χ4n) is 2.55. The van der Waals surface area contributed by atoms with Crippen LogP contribution >= 0.6 is 15.9 Å². The first-order chi connectivity index (χ1) is 10.2. The summed E-state index contributed by atoms with van der Waals surface area (Å²) < 4.78 is 1.17. The van der Waals surface area contributed by atoms with E-state index in [9.17, 15) is 0 Å². The van der Waals surface area contributed by atoms with Crippen LogP contribution in [0.1, 0.15) is 44.7 Å². The van der Waals surface area contributed by atoms with Crippen LogP contribution in [0.15, 0.2) is 28.7 Å². The second-order valence-corrected chi connectivity index (χ2v) is 6.24. The third kappa shape index (κ3) is 6.92. The summed E-state index contributed by atoms with van der Waals surface area (Å²) in [5, 5.41) is 12.8. The van der Waals surface area contributed by atoms with Crippen molar-refractivity contribution in [1.82, 2.24) is 10.2 Å². The van der Waals surface area contributed by atoms with E-state index in [1.54, 1.807) is 0 Å². The number of nitrogens with one attached hydrogen (secondary N) is 1. The molecule has 1 rings (SSSR count). The van der Waals surface area contributed by atoms with Gasteiger partial charge in [0.05, 0.1) is 6.61 Å². The molecule has 2 N–H and O–H groups in total. The van der Waals surface area contributed by atoms with Crippen molar-refractivity contribution in [2.24, 2.45) is 0 Å². The van der Waals surface area contributed by atoms with Crippen LogP contribution in [0.3, 0.4) is 0 Å². The van der Waals surface area contributed by atoms with Crippen molar-refractivity contribution in [3.05, 3.63) is 34.3 Å². The Morgan fingerprint density at radius 2 is 1.90 bits per heavy atom. The molecule has 0 bridgehead atoms. The Kier molecular flexibility index (Phi) is 9.92. The van der Waals surface area contributed by atoms with Gasteiger partial charge < -0.3 is 15.3 Å². The van der Waals surface area contributed by atoms with E-state index in [0.29, 0.717) is 6.04 Å². The maximum absolute atomic E-state index is 9.17. The summed E-state index contributed by atoms with van der Waals surface area (Å²) in [6, 6.07) is 8.80. The number of nitrogens with zero attached hydrogens (tertiary/aromatic N) is 1. The molecular weight excluding hydrogens is 328 g/mol. The van der Waals surface area contributed by atoms with Crippen molar-refractivity contribution >= 4 is 15.9 Å². The number of hydrogen-bond acceptors (Lipinski definition) is 3. The molecule has 0 radical (unpaired) electrons. The van der Waals surface area contributed by atoms with Gasteiger partial charge in [0.2, 0.25) is 0 Å². The van der Waals surface area contributed by atoms with E-state index in [1.807, 2.05) is 0 Å². The van der Waals surface area contributed by atoms with Crippen LogP contribution in [-0.4, -0.2) is 42.8 Å². The van der Waals surface area contributed by atoms with E-state index < -0.39 is 0 Å². The fraction of sp³-hybridized carbons (Fsp3) is 0.647. The highest BCUT2D eigenvalue weighted by molar-refractivity contribution is 9.10. The Balaban J connectivity index is 2.67. The van der Waals surface area contributed by atoms with Crippen molar-refractivity contribution in [2.45, 2.75) is 39.2 Å². The van der Waals surface area contributed by atoms with Gasteiger partial charge in [0.25, 0.3) is 0 Å². The average Bonchev–Trinajstić information content (AvgIpc) is 2.49. The number of rotatable bonds is 11. The predicted molar refractivity (Wildman–Crippen MR) is 93.6 cm³/mol. The van der Waals surface area contributed by atoms with E-state index in [1.165, 1.54) is 10.0 Å². The second kappa shape index (κ2) is 11.2. The van der Waals surface area contributed by atoms with Crippen LogP contribution in [0.2, 0.25) is 0 Å². The van der Waals surface area contributed by atoms with Crippen LogP contribution in [-0.2, 0) is 0 Å². The van der Waals surface area contributed by atoms with Crippen LogP contribution in [0, 0.1) is 0 Å². The van der Waals surface area contributed by atoms with Crippen LogP contribution in [0.5, 0.6) is 0 Å². The maximum atomic E-state index is 9.17. The Bertz CT molecular complexity index is 381. The highest BCUT2D eigenvalue weighted by Gasteiger charge is 2.15. The lowest BCUT2D eigenvalue weighted by molar-refractivity contribution is 0.189. The lowest BCUT2D eigenvalue weighted by atomic mass is 10.0. The predicted octanol–water partition coefficient (Wildman–Crippen LogP) is 3.58. The Labute approximate surface area is 137 Å². The lowest BCUT2D eigenvalue weighted by Crippen LogP contribution is -2.32. The molecule has 0 aliphatic heterocycles. The highest BCUT2D eigenvalue weighted by atomic mass is 79.9. The Hall–Kier alpha value is -0.420. The van der Waals surface area contributed by atoms with Gasteiger partial charge in [-0.25, -0.2) is 0 Å². The first-order valence-electron chi connectivity index (χ1n) is 8.03. The molecule has 0 saturated carbocycles. The molecule has 0 aromatic heterocycles. The monoisotopic (exact) mass is 356 g/mol. The van der Waals surface area contributed by atoms with Gasteiger partial charge in [-0.05, 0) is 44.0 Å². The van der Waals surface area contributed by atoms with Crippen molar-refractivity contribution in [2.75, 3.05) is 32.8 Å². The second-order valence-electron chi connectivity index (χ2n) is 5.38. The summed E-state index contributed by atoms with van der Waals surface area (Å²) in [4.78, 5) is 2.34. The van der Waals surface area contributed by atoms with Crippen molar-refractivity contribution in [1.29, 1.82) is 0 Å². The minimum atomic E-state index is 0.238. The Morgan fingerprint density at radius 3 is 2.52 bits per heavy atom. The molecule has 4 heteroatoms. The average molecular weight is 357 g/mol. The molecule has 1 aromatic rings. The van der Waals surface area contributed by atoms with Crippen molar-refractivity contribution < 1.29 is 5.11 Å². The zero-order valence-corrected chi connectivity index (χ0v) is 14.9. The standard InChI is InChI=1S/C17H29BrN2O/c1-3-10-19-17(15-7-5-6-8-16(15)18)9-12-20(11-4-2)13-14-21/h5-8,17,19,21H,3-4,9-14H2,1-2H3. The number of hydrogen-bond donors (Lipinski definition) is 2. The molecule has 0 aliphatic rings. The molecule has 0 aliphatic carbocycles. The van der Waals surface area contributed by atoms with E-state index in [0.717, 1.165) is 45.4 Å². The summed E-state index contributed by atoms with van der Waals surface area (Å²) in [6.45, 7) is 8.48. The molecule has 120 valence electrons. The summed E-state index contributed by atoms with van der Waals surface area (Å²) in [6.07, 6.45) is 3.32. The first kappa shape index (κ1) is 18.6. The summed E-state index contributed by atoms with van der Waals surface area (Å²) in [7, 11) is 0. The van der Waals surface area contributed by atoms with E-state index >= 15 is 0 Å². The molecule has 0 heterocycles. The van der Waals surface area contributed by atoms with E-state index in [2.05, 4.69) is 64.3 Å². The fourth-order valence-corrected chi connectivity index (χ4v) is 3.11. The van der Waals surface area contributed by atoms with Crippen molar-refractivity contribution in [3.8, 4) is 0 Å². The summed E-state index contributed by atoms with van der Waals surface area (Å²) in [5.41, 5.74) is 1.33. The van der Waals surface area contributed by atoms with Gasteiger partial charge in [0.1, 0.15) is 0 Å². The normalized spacial score (nSPS) is 12.8. The van der Waals surface area contributed by atoms with Gasteiger partial charge in [-0.2, -0.15) is 0 Å². The number of halogens is 1. The smallest absolute Gasteiger partial charge is 0.0558 e. The number of benzene rings is 1. The van der Waals surface area contributed by atoms with Gasteiger partial charge in [-0.1, -0.05) is 48.0 Å². The van der Waals surface area contributed by atoms with E-state index in [-0.39, 0.29) is 6.61 Å². The highest BCUT2D eigenvalue weighted by Crippen LogP contribution is 2.25. The molecule has 3 nitrogen and oxygen atoms in total. The molecular formula is C17H29BrN2O. The third-order valence-electron chi connectivity index (χ3n) is 3.61. The van der Waals surface area contributed by atoms with Gasteiger partial charge in [0, 0.05) is 23.6 Å². The largest absolute Gasteiger partial charge is 0.395 e. The van der Waals surface area contributed by atoms with Crippen molar-refractivity contribution in [3.63, 3.8) is 0 Å².